The van der Waals surface area contributed by atoms with E-state index < -0.39 is 0 Å². The summed E-state index contributed by atoms with van der Waals surface area (Å²) in [7, 11) is 0. The van der Waals surface area contributed by atoms with Gasteiger partial charge in [-0.25, -0.2) is 0 Å². The van der Waals surface area contributed by atoms with Gasteiger partial charge in [0.2, 0.25) is 0 Å². The Labute approximate surface area is 82.3 Å². The van der Waals surface area contributed by atoms with Gasteiger partial charge in [0.15, 0.2) is 5.78 Å². The topological polar surface area (TPSA) is 29.4 Å². The van der Waals surface area contributed by atoms with E-state index in [9.17, 15) is 4.79 Å². The highest BCUT2D eigenvalue weighted by molar-refractivity contribution is 7.12. The molecule has 3 heteroatoms. The number of hydrogen-bond acceptors (Lipinski definition) is 3. The molecule has 0 bridgehead atoms. The van der Waals surface area contributed by atoms with Crippen molar-refractivity contribution < 1.29 is 4.79 Å². The number of carbonyl (C=O) groups is 1. The molecule has 13 heavy (non-hydrogen) atoms. The van der Waals surface area contributed by atoms with Gasteiger partial charge in [-0.15, -0.1) is 11.3 Å². The lowest BCUT2D eigenvalue weighted by molar-refractivity contribution is 0.101. The van der Waals surface area contributed by atoms with Crippen LogP contribution in [0.25, 0.3) is 0 Å². The summed E-state index contributed by atoms with van der Waals surface area (Å²) in [6.07, 6.45) is 3.86. The van der Waals surface area contributed by atoms with Gasteiger partial charge in [-0.1, -0.05) is 19.4 Å². The highest BCUT2D eigenvalue weighted by Crippen LogP contribution is 2.08. The van der Waals surface area contributed by atoms with Crippen molar-refractivity contribution in [3.05, 3.63) is 22.4 Å². The molecule has 0 N–H and O–H groups in total. The van der Waals surface area contributed by atoms with E-state index in [0.717, 1.165) is 17.7 Å². The molecule has 0 radical (unpaired) electrons. The summed E-state index contributed by atoms with van der Waals surface area (Å²) < 4.78 is 0. The van der Waals surface area contributed by atoms with E-state index in [1.165, 1.54) is 11.3 Å². The third kappa shape index (κ3) is 3.51. The number of nitrogens with zero attached hydrogens (tertiary/aromatic N) is 1. The number of aliphatic imine (C=N–C) groups is 1. The molecule has 0 aromatic carbocycles. The van der Waals surface area contributed by atoms with Crippen molar-refractivity contribution in [3.63, 3.8) is 0 Å². The Balaban J connectivity index is 2.34. The van der Waals surface area contributed by atoms with Crippen molar-refractivity contribution in [2.75, 3.05) is 6.54 Å². The standard InChI is InChI=1S/C10H13NOS/c1-2-3-6-11-8-9(12)10-5-4-7-13-10/h4-7H,2-3,8H2,1H3. The fourth-order valence-electron chi connectivity index (χ4n) is 0.883. The second-order valence-corrected chi connectivity index (χ2v) is 3.66. The van der Waals surface area contributed by atoms with E-state index >= 15 is 0 Å². The summed E-state index contributed by atoms with van der Waals surface area (Å²) in [5.74, 6) is 0.113. The van der Waals surface area contributed by atoms with Gasteiger partial charge in [0.05, 0.1) is 4.88 Å². The second kappa shape index (κ2) is 5.65. The van der Waals surface area contributed by atoms with Crippen molar-refractivity contribution in [1.82, 2.24) is 0 Å². The number of carbonyl (C=O) groups excluding carboxylic acids is 1. The molecule has 1 heterocycles. The van der Waals surface area contributed by atoms with E-state index in [2.05, 4.69) is 11.9 Å². The van der Waals surface area contributed by atoms with Crippen LogP contribution in [0.2, 0.25) is 0 Å². The molecule has 0 aliphatic rings. The molecule has 0 atom stereocenters. The molecule has 2 nitrogen and oxygen atoms in total. The van der Waals surface area contributed by atoms with Crippen LogP contribution in [0.3, 0.4) is 0 Å². The highest BCUT2D eigenvalue weighted by Gasteiger charge is 2.03. The van der Waals surface area contributed by atoms with Gasteiger partial charge in [-0.05, 0) is 24.1 Å². The summed E-state index contributed by atoms with van der Waals surface area (Å²) in [5.41, 5.74) is 0. The minimum Gasteiger partial charge on any atom is -0.291 e. The van der Waals surface area contributed by atoms with E-state index in [-0.39, 0.29) is 5.78 Å². The first-order chi connectivity index (χ1) is 6.34. The van der Waals surface area contributed by atoms with Crippen molar-refractivity contribution in [1.29, 1.82) is 0 Å². The molecule has 0 amide bonds. The van der Waals surface area contributed by atoms with Gasteiger partial charge in [0.25, 0.3) is 0 Å². The van der Waals surface area contributed by atoms with Crippen LogP contribution in [0, 0.1) is 0 Å². The fourth-order valence-corrected chi connectivity index (χ4v) is 1.54. The third-order valence-electron chi connectivity index (χ3n) is 1.58. The fraction of sp³-hybridized carbons (Fsp3) is 0.400. The second-order valence-electron chi connectivity index (χ2n) is 2.71. The van der Waals surface area contributed by atoms with Gasteiger partial charge < -0.3 is 0 Å². The Kier molecular flexibility index (Phi) is 4.40. The molecule has 0 saturated heterocycles. The van der Waals surface area contributed by atoms with E-state index in [0.29, 0.717) is 6.54 Å². The zero-order valence-corrected chi connectivity index (χ0v) is 8.51. The lowest BCUT2D eigenvalue weighted by Crippen LogP contribution is -2.00. The highest BCUT2D eigenvalue weighted by atomic mass is 32.1. The molecule has 1 rings (SSSR count). The lowest BCUT2D eigenvalue weighted by Gasteiger charge is -1.90. The molecule has 0 unspecified atom stereocenters. The SMILES string of the molecule is CCCC=NCC(=O)c1cccs1. The minimum absolute atomic E-state index is 0.113. The van der Waals surface area contributed by atoms with Crippen LogP contribution in [0.1, 0.15) is 29.4 Å². The van der Waals surface area contributed by atoms with Crippen LogP contribution >= 0.6 is 11.3 Å². The third-order valence-corrected chi connectivity index (χ3v) is 2.49. The zero-order chi connectivity index (χ0) is 9.52. The Morgan fingerprint density at radius 2 is 2.54 bits per heavy atom. The molecule has 1 aromatic rings. The number of hydrogen-bond donors (Lipinski definition) is 0. The number of unbranched alkanes of at least 4 members (excludes halogenated alkanes) is 1. The summed E-state index contributed by atoms with van der Waals surface area (Å²) in [6.45, 7) is 2.38. The quantitative estimate of drug-likeness (QED) is 0.524. The van der Waals surface area contributed by atoms with Crippen LogP contribution in [0.5, 0.6) is 0 Å². The average molecular weight is 195 g/mol. The van der Waals surface area contributed by atoms with Gasteiger partial charge in [-0.2, -0.15) is 0 Å². The smallest absolute Gasteiger partial charge is 0.194 e. The number of rotatable bonds is 5. The van der Waals surface area contributed by atoms with Crippen molar-refractivity contribution >= 4 is 23.3 Å². The first-order valence-corrected chi connectivity index (χ1v) is 5.27. The molecular weight excluding hydrogens is 182 g/mol. The molecule has 0 aliphatic heterocycles. The summed E-state index contributed by atoms with van der Waals surface area (Å²) in [6, 6.07) is 3.72. The van der Waals surface area contributed by atoms with Crippen molar-refractivity contribution in [3.8, 4) is 0 Å². The maximum atomic E-state index is 11.4. The van der Waals surface area contributed by atoms with Crippen LogP contribution in [-0.2, 0) is 0 Å². The maximum absolute atomic E-state index is 11.4. The van der Waals surface area contributed by atoms with Crippen LogP contribution in [0.4, 0.5) is 0 Å². The summed E-state index contributed by atoms with van der Waals surface area (Å²) in [4.78, 5) is 16.2. The first kappa shape index (κ1) is 10.1. The van der Waals surface area contributed by atoms with Crippen LogP contribution in [0.15, 0.2) is 22.5 Å². The minimum atomic E-state index is 0.113. The summed E-state index contributed by atoms with van der Waals surface area (Å²) in [5, 5.41) is 1.91. The summed E-state index contributed by atoms with van der Waals surface area (Å²) >= 11 is 1.47. The van der Waals surface area contributed by atoms with E-state index in [1.807, 2.05) is 23.7 Å². The monoisotopic (exact) mass is 195 g/mol. The van der Waals surface area contributed by atoms with Gasteiger partial charge in [0, 0.05) is 0 Å². The Bertz CT molecular complexity index is 277. The molecule has 0 saturated carbocycles. The molecule has 0 fully saturated rings. The Hall–Kier alpha value is -0.960. The van der Waals surface area contributed by atoms with Crippen molar-refractivity contribution in [2.45, 2.75) is 19.8 Å². The van der Waals surface area contributed by atoms with E-state index in [1.54, 1.807) is 0 Å². The average Bonchev–Trinajstić information content (AvgIpc) is 2.65. The maximum Gasteiger partial charge on any atom is 0.194 e. The predicted molar refractivity (Wildman–Crippen MR) is 56.9 cm³/mol. The lowest BCUT2D eigenvalue weighted by atomic mass is 10.3. The molecule has 0 aliphatic carbocycles. The predicted octanol–water partition coefficient (Wildman–Crippen LogP) is 2.80. The van der Waals surface area contributed by atoms with Gasteiger partial charge in [0.1, 0.15) is 6.54 Å². The molecule has 0 spiro atoms. The number of Topliss-reactive ketones (excluding diaryl/α,β-unsaturated/α-hetero) is 1. The number of ketones is 1. The number of thiophene rings is 1. The van der Waals surface area contributed by atoms with Crippen molar-refractivity contribution in [2.24, 2.45) is 4.99 Å². The first-order valence-electron chi connectivity index (χ1n) is 4.39. The molecule has 70 valence electrons. The molecule has 1 aromatic heterocycles. The van der Waals surface area contributed by atoms with E-state index in [4.69, 9.17) is 0 Å². The Morgan fingerprint density at radius 3 is 3.15 bits per heavy atom. The normalized spacial score (nSPS) is 10.8. The largest absolute Gasteiger partial charge is 0.291 e. The molecular formula is C10H13NOS. The van der Waals surface area contributed by atoms with Gasteiger partial charge in [-0.3, -0.25) is 9.79 Å². The van der Waals surface area contributed by atoms with Crippen LogP contribution < -0.4 is 0 Å². The zero-order valence-electron chi connectivity index (χ0n) is 7.69. The van der Waals surface area contributed by atoms with Crippen LogP contribution in [-0.4, -0.2) is 18.5 Å². The Morgan fingerprint density at radius 1 is 1.69 bits per heavy atom. The van der Waals surface area contributed by atoms with Gasteiger partial charge >= 0.3 is 0 Å².